The Balaban J connectivity index is 0.000000271. The molecule has 0 spiro atoms. The molecule has 0 amide bonds. The van der Waals surface area contributed by atoms with Crippen molar-refractivity contribution in [1.82, 2.24) is 25.3 Å². The molecule has 0 saturated carbocycles. The summed E-state index contributed by atoms with van der Waals surface area (Å²) in [6, 6.07) is 14.5. The van der Waals surface area contributed by atoms with Gasteiger partial charge in [-0.15, -0.1) is 20.6 Å². The van der Waals surface area contributed by atoms with Crippen LogP contribution < -0.4 is 24.2 Å². The van der Waals surface area contributed by atoms with Gasteiger partial charge >= 0.3 is 19.5 Å². The number of phenolic OH excluding ortho intramolecular Hbond substituents is 1. The number of aromatic nitrogens is 6. The van der Waals surface area contributed by atoms with Gasteiger partial charge in [-0.2, -0.15) is 0 Å². The Morgan fingerprint density at radius 2 is 1.32 bits per heavy atom. The Labute approximate surface area is 300 Å². The van der Waals surface area contributed by atoms with Crippen molar-refractivity contribution in [3.8, 4) is 45.8 Å². The summed E-state index contributed by atoms with van der Waals surface area (Å²) >= 11 is 0. The number of pyridine rings is 3. The summed E-state index contributed by atoms with van der Waals surface area (Å²) in [5, 5.41) is 25.1. The van der Waals surface area contributed by atoms with Gasteiger partial charge in [-0.1, -0.05) is 45.1 Å². The second-order valence-electron chi connectivity index (χ2n) is 10.3. The summed E-state index contributed by atoms with van der Waals surface area (Å²) < 4.78 is 14.5. The van der Waals surface area contributed by atoms with Crippen LogP contribution in [0.4, 0.5) is 5.69 Å². The molecule has 0 aliphatic heterocycles. The normalized spacial score (nSPS) is 10.3. The van der Waals surface area contributed by atoms with Gasteiger partial charge < -0.3 is 19.3 Å². The number of unbranched alkanes of at least 4 members (excludes halogenated alkanes) is 5. The third-order valence-corrected chi connectivity index (χ3v) is 6.85. The summed E-state index contributed by atoms with van der Waals surface area (Å²) in [4.78, 5) is 45.9. The van der Waals surface area contributed by atoms with E-state index in [2.05, 4.69) is 42.5 Å². The topological polar surface area (TPSA) is 193 Å². The minimum atomic E-state index is 0. The number of benzene rings is 1. The smallest absolute Gasteiger partial charge is 0.504 e. The fourth-order valence-electron chi connectivity index (χ4n) is 4.51. The molecular weight excluding hydrogens is 733 g/mol. The number of ether oxygens (including phenoxy) is 3. The predicted octanol–water partition coefficient (Wildman–Crippen LogP) is 5.29. The zero-order valence-corrected chi connectivity index (χ0v) is 28.8. The van der Waals surface area contributed by atoms with Gasteiger partial charge in [-0.3, -0.25) is 24.4 Å². The average Bonchev–Trinajstić information content (AvgIpc) is 3.65. The summed E-state index contributed by atoms with van der Waals surface area (Å²) in [5.74, 6) is 0.881. The second-order valence-corrected chi connectivity index (χ2v) is 10.3. The number of carbonyl (C=O) groups excluding carboxylic acids is 3. The molecule has 0 bridgehead atoms. The largest absolute Gasteiger partial charge is 1.00 e. The fourth-order valence-corrected chi connectivity index (χ4v) is 4.51. The maximum atomic E-state index is 10.8. The SMILES string of the molecule is CCCCCCCCc1ccc(O)c(N=N[n+]2ccn[n-]2)c1.O=COc1ccnc(-c2cc(OC=O)cc(-c3cc(OC=O)ccn3)n2)c1.[Ru+]. The number of carbonyl (C=O) groups is 3. The Hall–Kier alpha value is -5.76. The van der Waals surface area contributed by atoms with Gasteiger partial charge in [0.2, 0.25) is 0 Å². The average molecular weight is 768 g/mol. The first-order chi connectivity index (χ1) is 24.0. The van der Waals surface area contributed by atoms with Crippen molar-refractivity contribution in [2.75, 3.05) is 0 Å². The monoisotopic (exact) mass is 768 g/mol. The number of phenols is 1. The third-order valence-electron chi connectivity index (χ3n) is 6.85. The van der Waals surface area contributed by atoms with E-state index in [0.29, 0.717) is 41.4 Å². The van der Waals surface area contributed by atoms with Crippen LogP contribution in [0.25, 0.3) is 22.8 Å². The van der Waals surface area contributed by atoms with Gasteiger partial charge in [0.05, 0.1) is 22.8 Å². The molecule has 1 aromatic carbocycles. The van der Waals surface area contributed by atoms with Crippen LogP contribution in [0.3, 0.4) is 0 Å². The van der Waals surface area contributed by atoms with Crippen LogP contribution in [-0.4, -0.2) is 44.6 Å². The first-order valence-corrected chi connectivity index (χ1v) is 15.4. The molecule has 0 atom stereocenters. The summed E-state index contributed by atoms with van der Waals surface area (Å²) in [6.45, 7) is 3.10. The number of aryl methyl sites for hydroxylation is 1. The minimum absolute atomic E-state index is 0. The van der Waals surface area contributed by atoms with E-state index in [-0.39, 0.29) is 48.9 Å². The molecule has 259 valence electrons. The molecule has 4 aromatic heterocycles. The number of rotatable bonds is 17. The van der Waals surface area contributed by atoms with E-state index in [1.807, 2.05) is 12.1 Å². The van der Waals surface area contributed by atoms with Crippen LogP contribution in [-0.2, 0) is 40.3 Å². The molecule has 5 aromatic rings. The van der Waals surface area contributed by atoms with Gasteiger partial charge in [0.25, 0.3) is 19.4 Å². The first kappa shape index (κ1) is 38.7. The maximum absolute atomic E-state index is 10.8. The van der Waals surface area contributed by atoms with Crippen molar-refractivity contribution in [2.45, 2.75) is 51.9 Å². The molecular formula is C34H34N8O7Ru+. The molecule has 0 aliphatic rings. The maximum Gasteiger partial charge on any atom is 1.00 e. The van der Waals surface area contributed by atoms with E-state index in [9.17, 15) is 19.5 Å². The third kappa shape index (κ3) is 12.4. The van der Waals surface area contributed by atoms with Gasteiger partial charge in [0, 0.05) is 36.7 Å². The van der Waals surface area contributed by atoms with Gasteiger partial charge in [-0.05, 0) is 42.7 Å². The zero-order chi connectivity index (χ0) is 34.7. The number of nitrogens with zero attached hydrogens (tertiary/aromatic N) is 8. The molecule has 4 heterocycles. The molecule has 0 fully saturated rings. The van der Waals surface area contributed by atoms with Crippen molar-refractivity contribution in [3.05, 3.63) is 84.9 Å². The molecule has 0 saturated heterocycles. The molecule has 16 heteroatoms. The van der Waals surface area contributed by atoms with Crippen LogP contribution in [0.2, 0.25) is 0 Å². The predicted molar refractivity (Wildman–Crippen MR) is 174 cm³/mol. The van der Waals surface area contributed by atoms with Gasteiger partial charge in [0.1, 0.15) is 29.6 Å². The summed E-state index contributed by atoms with van der Waals surface area (Å²) in [5.41, 5.74) is 3.09. The van der Waals surface area contributed by atoms with Crippen molar-refractivity contribution < 1.29 is 58.0 Å². The van der Waals surface area contributed by atoms with E-state index in [1.165, 1.54) is 97.4 Å². The molecule has 0 aliphatic carbocycles. The summed E-state index contributed by atoms with van der Waals surface area (Å²) in [7, 11) is 0. The first-order valence-electron chi connectivity index (χ1n) is 15.4. The Morgan fingerprint density at radius 3 is 1.90 bits per heavy atom. The van der Waals surface area contributed by atoms with Gasteiger partial charge in [0.15, 0.2) is 11.4 Å². The van der Waals surface area contributed by atoms with E-state index < -0.39 is 0 Å². The second kappa shape index (κ2) is 21.3. The zero-order valence-electron chi connectivity index (χ0n) is 27.0. The van der Waals surface area contributed by atoms with E-state index in [4.69, 9.17) is 14.2 Å². The van der Waals surface area contributed by atoms with Crippen LogP contribution >= 0.6 is 0 Å². The fraction of sp³-hybridized carbons (Fsp3) is 0.235. The quantitative estimate of drug-likeness (QED) is 0.0423. The Morgan fingerprint density at radius 1 is 0.740 bits per heavy atom. The molecule has 0 unspecified atom stereocenters. The van der Waals surface area contributed by atoms with Crippen LogP contribution in [0.15, 0.2) is 89.7 Å². The van der Waals surface area contributed by atoms with E-state index >= 15 is 0 Å². The van der Waals surface area contributed by atoms with Crippen LogP contribution in [0, 0.1) is 0 Å². The van der Waals surface area contributed by atoms with Crippen molar-refractivity contribution in [1.29, 1.82) is 0 Å². The number of aromatic hydroxyl groups is 1. The van der Waals surface area contributed by atoms with Crippen molar-refractivity contribution >= 4 is 25.1 Å². The molecule has 5 rings (SSSR count). The summed E-state index contributed by atoms with van der Waals surface area (Å²) in [6.07, 6.45) is 14.6. The van der Waals surface area contributed by atoms with Crippen LogP contribution in [0.1, 0.15) is 51.0 Å². The standard InChI is InChI=1S/C18H11N3O6.C16H23N5O.Ru/c22-9-25-12-1-3-19-15(5-12)17-7-14(27-11-24)8-18(21-17)16-6-13(26-10-23)2-4-20-16;1-2-3-4-5-6-7-8-14-9-10-16(22)15(13-14)18-20-21-12-11-17-19-21;/h1-11H;9-13,22H,2-8H2,1H3;/q;;+1. The Kier molecular flexibility index (Phi) is 16.5. The van der Waals surface area contributed by atoms with E-state index in [0.717, 1.165) is 12.8 Å². The van der Waals surface area contributed by atoms with Crippen molar-refractivity contribution in [2.24, 2.45) is 10.3 Å². The van der Waals surface area contributed by atoms with Crippen molar-refractivity contribution in [3.63, 3.8) is 0 Å². The minimum Gasteiger partial charge on any atom is -0.504 e. The van der Waals surface area contributed by atoms with Crippen LogP contribution in [0.5, 0.6) is 23.0 Å². The molecule has 1 N–H and O–H groups in total. The number of hydrogen-bond donors (Lipinski definition) is 1. The van der Waals surface area contributed by atoms with E-state index in [1.54, 1.807) is 12.3 Å². The molecule has 50 heavy (non-hydrogen) atoms. The van der Waals surface area contributed by atoms with Gasteiger partial charge in [-0.25, -0.2) is 9.77 Å². The Bertz CT molecular complexity index is 1770. The molecule has 15 nitrogen and oxygen atoms in total. The molecule has 1 radical (unpaired) electrons. The number of hydrogen-bond acceptors (Lipinski definition) is 13.